The molecule has 0 saturated carbocycles. The summed E-state index contributed by atoms with van der Waals surface area (Å²) in [6.45, 7) is 2.18. The lowest BCUT2D eigenvalue weighted by Gasteiger charge is -2.22. The van der Waals surface area contributed by atoms with Crippen LogP contribution in [0.3, 0.4) is 0 Å². The molecule has 0 saturated heterocycles. The highest BCUT2D eigenvalue weighted by Crippen LogP contribution is 2.44. The molecule has 3 aromatic heterocycles. The Bertz CT molecular complexity index is 3410. The second-order valence-corrected chi connectivity index (χ2v) is 16.3. The normalized spacial score (nSPS) is 13.2. The monoisotopic (exact) mass is 758 g/mol. The van der Waals surface area contributed by atoms with Crippen molar-refractivity contribution in [3.8, 4) is 34.8 Å². The Morgan fingerprint density at radius 1 is 0.603 bits per heavy atom. The summed E-state index contributed by atoms with van der Waals surface area (Å²) in [5.74, 6) is 2.64. The first-order valence-corrected chi connectivity index (χ1v) is 20.7. The SMILES string of the molecule is C#C/C=C\C=C(/C)c1cccc(-c2ccccc2)c1-n1c2c(c3ccccc31)C=C(c1ccc3c(c1)c1ccccc1n3-c1ccc3sc4ccccc4c3c1)CC2. The van der Waals surface area contributed by atoms with Crippen LogP contribution in [-0.2, 0) is 6.42 Å². The highest BCUT2D eigenvalue weighted by atomic mass is 32.1. The predicted molar refractivity (Wildman–Crippen MR) is 250 cm³/mol. The van der Waals surface area contributed by atoms with Crippen LogP contribution in [0, 0.1) is 12.3 Å². The van der Waals surface area contributed by atoms with Crippen molar-refractivity contribution in [2.75, 3.05) is 0 Å². The molecule has 3 heterocycles. The van der Waals surface area contributed by atoms with Gasteiger partial charge in [-0.05, 0) is 103 Å². The number of thiophene rings is 1. The minimum absolute atomic E-state index is 0.923. The second kappa shape index (κ2) is 13.8. The average molecular weight is 759 g/mol. The summed E-state index contributed by atoms with van der Waals surface area (Å²) in [4.78, 5) is 0. The van der Waals surface area contributed by atoms with E-state index in [4.69, 9.17) is 6.42 Å². The molecular formula is C55H38N2S. The van der Waals surface area contributed by atoms with Crippen molar-refractivity contribution in [2.24, 2.45) is 0 Å². The molecular weight excluding hydrogens is 721 g/mol. The largest absolute Gasteiger partial charge is 0.312 e. The Labute approximate surface area is 341 Å². The number of aromatic nitrogens is 2. The molecule has 0 spiro atoms. The summed E-state index contributed by atoms with van der Waals surface area (Å²) in [5, 5.41) is 6.45. The van der Waals surface area contributed by atoms with Crippen molar-refractivity contribution in [1.29, 1.82) is 0 Å². The van der Waals surface area contributed by atoms with Crippen molar-refractivity contribution >= 4 is 81.4 Å². The van der Waals surface area contributed by atoms with E-state index in [1.807, 2.05) is 17.4 Å². The molecule has 0 N–H and O–H groups in total. The van der Waals surface area contributed by atoms with Crippen LogP contribution in [0.5, 0.6) is 0 Å². The van der Waals surface area contributed by atoms with Crippen molar-refractivity contribution in [3.63, 3.8) is 0 Å². The van der Waals surface area contributed by atoms with Gasteiger partial charge in [-0.25, -0.2) is 0 Å². The fraction of sp³-hybridized carbons (Fsp3) is 0.0545. The van der Waals surface area contributed by atoms with Crippen LogP contribution in [0.4, 0.5) is 0 Å². The first-order chi connectivity index (χ1) is 28.7. The third-order valence-corrected chi connectivity index (χ3v) is 13.1. The molecule has 3 heteroatoms. The zero-order valence-electron chi connectivity index (χ0n) is 32.1. The number of allylic oxidation sites excluding steroid dienone is 5. The molecule has 0 aliphatic heterocycles. The first kappa shape index (κ1) is 34.2. The van der Waals surface area contributed by atoms with Crippen LogP contribution in [0.1, 0.15) is 35.7 Å². The van der Waals surface area contributed by atoms with Crippen LogP contribution in [0.25, 0.3) is 92.6 Å². The van der Waals surface area contributed by atoms with Gasteiger partial charge >= 0.3 is 0 Å². The van der Waals surface area contributed by atoms with E-state index >= 15 is 0 Å². The molecule has 0 unspecified atom stereocenters. The number of hydrogen-bond donors (Lipinski definition) is 0. The molecule has 1 aliphatic rings. The molecule has 10 aromatic rings. The highest BCUT2D eigenvalue weighted by molar-refractivity contribution is 7.25. The van der Waals surface area contributed by atoms with Crippen molar-refractivity contribution in [3.05, 3.63) is 198 Å². The lowest BCUT2D eigenvalue weighted by Crippen LogP contribution is -2.08. The number of rotatable bonds is 6. The Hall–Kier alpha value is -7.12. The summed E-state index contributed by atoms with van der Waals surface area (Å²) < 4.78 is 7.64. The molecule has 0 amide bonds. The summed E-state index contributed by atoms with van der Waals surface area (Å²) in [6.07, 6.45) is 15.8. The second-order valence-electron chi connectivity index (χ2n) is 15.2. The smallest absolute Gasteiger partial charge is 0.0612 e. The Balaban J connectivity index is 1.08. The number of fused-ring (bicyclic) bond motifs is 9. The lowest BCUT2D eigenvalue weighted by atomic mass is 9.90. The van der Waals surface area contributed by atoms with E-state index in [9.17, 15) is 0 Å². The van der Waals surface area contributed by atoms with Gasteiger partial charge in [-0.1, -0.05) is 127 Å². The van der Waals surface area contributed by atoms with Gasteiger partial charge in [0.1, 0.15) is 0 Å². The molecule has 274 valence electrons. The van der Waals surface area contributed by atoms with Crippen molar-refractivity contribution in [1.82, 2.24) is 9.13 Å². The van der Waals surface area contributed by atoms with Gasteiger partial charge in [0.15, 0.2) is 0 Å². The Kier molecular flexibility index (Phi) is 8.14. The molecule has 0 atom stereocenters. The number of terminal acetylenes is 1. The van der Waals surface area contributed by atoms with E-state index in [0.29, 0.717) is 0 Å². The van der Waals surface area contributed by atoms with E-state index in [1.165, 1.54) is 103 Å². The van der Waals surface area contributed by atoms with E-state index in [2.05, 4.69) is 192 Å². The number of nitrogens with zero attached hydrogens (tertiary/aromatic N) is 2. The van der Waals surface area contributed by atoms with E-state index in [-0.39, 0.29) is 0 Å². The third-order valence-electron chi connectivity index (χ3n) is 11.9. The highest BCUT2D eigenvalue weighted by Gasteiger charge is 2.25. The molecule has 1 aliphatic carbocycles. The van der Waals surface area contributed by atoms with Gasteiger partial charge < -0.3 is 9.13 Å². The van der Waals surface area contributed by atoms with Gasteiger partial charge in [0, 0.05) is 64.4 Å². The van der Waals surface area contributed by atoms with Crippen LogP contribution in [0.2, 0.25) is 0 Å². The van der Waals surface area contributed by atoms with Gasteiger partial charge in [0.25, 0.3) is 0 Å². The zero-order chi connectivity index (χ0) is 38.7. The predicted octanol–water partition coefficient (Wildman–Crippen LogP) is 14.8. The minimum atomic E-state index is 0.923. The van der Waals surface area contributed by atoms with Crippen LogP contribution >= 0.6 is 11.3 Å². The maximum absolute atomic E-state index is 5.58. The fourth-order valence-corrected chi connectivity index (χ4v) is 10.4. The maximum atomic E-state index is 5.58. The molecule has 7 aromatic carbocycles. The molecule has 0 radical (unpaired) electrons. The van der Waals surface area contributed by atoms with Gasteiger partial charge in [-0.15, -0.1) is 17.8 Å². The molecule has 0 bridgehead atoms. The number of hydrogen-bond acceptors (Lipinski definition) is 1. The van der Waals surface area contributed by atoms with E-state index in [1.54, 1.807) is 6.08 Å². The molecule has 2 nitrogen and oxygen atoms in total. The van der Waals surface area contributed by atoms with Gasteiger partial charge in [0.2, 0.25) is 0 Å². The van der Waals surface area contributed by atoms with E-state index < -0.39 is 0 Å². The first-order valence-electron chi connectivity index (χ1n) is 19.9. The maximum Gasteiger partial charge on any atom is 0.0612 e. The molecule has 11 rings (SSSR count). The van der Waals surface area contributed by atoms with Crippen molar-refractivity contribution in [2.45, 2.75) is 19.8 Å². The van der Waals surface area contributed by atoms with Crippen molar-refractivity contribution < 1.29 is 0 Å². The number of benzene rings is 7. The average Bonchev–Trinajstić information content (AvgIpc) is 3.93. The van der Waals surface area contributed by atoms with Crippen LogP contribution in [0.15, 0.2) is 176 Å². The molecule has 58 heavy (non-hydrogen) atoms. The Morgan fingerprint density at radius 3 is 2.17 bits per heavy atom. The topological polar surface area (TPSA) is 9.86 Å². The van der Waals surface area contributed by atoms with E-state index in [0.717, 1.165) is 18.4 Å². The van der Waals surface area contributed by atoms with Gasteiger partial charge in [-0.3, -0.25) is 0 Å². The number of para-hydroxylation sites is 3. The summed E-state index contributed by atoms with van der Waals surface area (Å²) in [6, 6.07) is 58.0. The van der Waals surface area contributed by atoms with Gasteiger partial charge in [-0.2, -0.15) is 0 Å². The summed E-state index contributed by atoms with van der Waals surface area (Å²) in [7, 11) is 0. The van der Waals surface area contributed by atoms with Gasteiger partial charge in [0.05, 0.1) is 22.2 Å². The van der Waals surface area contributed by atoms with Crippen LogP contribution in [-0.4, -0.2) is 9.13 Å². The third kappa shape index (κ3) is 5.41. The minimum Gasteiger partial charge on any atom is -0.312 e. The lowest BCUT2D eigenvalue weighted by molar-refractivity contribution is 0.897. The summed E-state index contributed by atoms with van der Waals surface area (Å²) >= 11 is 1.87. The summed E-state index contributed by atoms with van der Waals surface area (Å²) in [5.41, 5.74) is 16.1. The fourth-order valence-electron chi connectivity index (χ4n) is 9.30. The quantitative estimate of drug-likeness (QED) is 0.118. The molecule has 0 fully saturated rings. The standard InChI is InChI=1S/C55H38N2S/c1-3-4-6-16-36(2)41-22-15-23-42(37-17-7-5-8-18-37)55(41)57-50-25-13-10-20-44(50)47-34-39(28-31-52(47)57)38-27-30-51-46(33-38)43-19-9-12-24-49(43)56(51)40-29-32-54-48(35-40)45-21-11-14-26-53(45)58-54/h1,4-27,29-30,32-35H,28,31H2,2H3/b6-4-,36-16+. The zero-order valence-corrected chi connectivity index (χ0v) is 32.9. The Morgan fingerprint density at radius 2 is 1.33 bits per heavy atom. The van der Waals surface area contributed by atoms with Crippen LogP contribution < -0.4 is 0 Å².